The summed E-state index contributed by atoms with van der Waals surface area (Å²) in [5.74, 6) is -3.35. The molecule has 0 saturated carbocycles. The first-order chi connectivity index (χ1) is 6.44. The van der Waals surface area contributed by atoms with Crippen molar-refractivity contribution in [3.05, 3.63) is 0 Å². The molecule has 1 heterocycles. The summed E-state index contributed by atoms with van der Waals surface area (Å²) < 4.78 is 4.68. The van der Waals surface area contributed by atoms with Crippen molar-refractivity contribution >= 4 is 5.97 Å². The molecule has 0 aromatic rings. The molecule has 6 nitrogen and oxygen atoms in total. The predicted molar refractivity (Wildman–Crippen MR) is 43.7 cm³/mol. The van der Waals surface area contributed by atoms with Crippen molar-refractivity contribution in [2.24, 2.45) is 0 Å². The number of ether oxygens (including phenoxy) is 1. The Morgan fingerprint density at radius 3 is 2.57 bits per heavy atom. The Hall–Kier alpha value is -0.690. The molecule has 0 bridgehead atoms. The quantitative estimate of drug-likeness (QED) is 0.322. The third-order valence-electron chi connectivity index (χ3n) is 2.22. The van der Waals surface area contributed by atoms with Crippen molar-refractivity contribution in [1.29, 1.82) is 0 Å². The van der Waals surface area contributed by atoms with Gasteiger partial charge in [0.2, 0.25) is 6.29 Å². The van der Waals surface area contributed by atoms with E-state index in [4.69, 9.17) is 10.2 Å². The van der Waals surface area contributed by atoms with Crippen LogP contribution in [0.15, 0.2) is 0 Å². The molecule has 0 radical (unpaired) electrons. The number of aliphatic hydroxyl groups is 4. The minimum absolute atomic E-state index is 0.205. The van der Waals surface area contributed by atoms with Crippen LogP contribution in [-0.2, 0) is 9.53 Å². The average Bonchev–Trinajstić information content (AvgIpc) is 2.29. The number of aliphatic hydroxyl groups excluding tert-OH is 1. The van der Waals surface area contributed by atoms with Gasteiger partial charge in [0.1, 0.15) is 0 Å². The van der Waals surface area contributed by atoms with E-state index < -0.39 is 24.2 Å². The lowest BCUT2D eigenvalue weighted by atomic mass is 10.0. The molecule has 1 saturated heterocycles. The normalized spacial score (nSPS) is 24.6. The van der Waals surface area contributed by atoms with Crippen molar-refractivity contribution in [2.75, 3.05) is 0 Å². The van der Waals surface area contributed by atoms with E-state index in [-0.39, 0.29) is 12.8 Å². The number of esters is 1. The lowest BCUT2D eigenvalue weighted by Crippen LogP contribution is -2.53. The number of cyclic esters (lactones) is 1. The van der Waals surface area contributed by atoms with Gasteiger partial charge in [0, 0.05) is 6.42 Å². The van der Waals surface area contributed by atoms with Gasteiger partial charge in [-0.15, -0.1) is 0 Å². The van der Waals surface area contributed by atoms with E-state index in [0.717, 1.165) is 0 Å². The Bertz CT molecular complexity index is 212. The van der Waals surface area contributed by atoms with Gasteiger partial charge < -0.3 is 25.2 Å². The molecule has 1 aliphatic rings. The van der Waals surface area contributed by atoms with Gasteiger partial charge in [-0.05, 0) is 19.3 Å². The zero-order valence-electron chi connectivity index (χ0n) is 7.59. The molecular weight excluding hydrogens is 192 g/mol. The summed E-state index contributed by atoms with van der Waals surface area (Å²) in [6, 6.07) is 0. The summed E-state index contributed by atoms with van der Waals surface area (Å²) in [5.41, 5.74) is 0. The van der Waals surface area contributed by atoms with Crippen LogP contribution < -0.4 is 0 Å². The fourth-order valence-corrected chi connectivity index (χ4v) is 1.34. The molecule has 1 fully saturated rings. The molecule has 1 rings (SSSR count). The fourth-order valence-electron chi connectivity index (χ4n) is 1.34. The number of rotatable bonds is 2. The maximum Gasteiger partial charge on any atom is 0.306 e. The fraction of sp³-hybridized carbons (Fsp3) is 0.875. The summed E-state index contributed by atoms with van der Waals surface area (Å²) >= 11 is 0. The van der Waals surface area contributed by atoms with Crippen LogP contribution in [0.25, 0.3) is 0 Å². The van der Waals surface area contributed by atoms with Crippen LogP contribution in [-0.4, -0.2) is 44.6 Å². The minimum atomic E-state index is -2.79. The lowest BCUT2D eigenvalue weighted by Gasteiger charge is -2.30. The molecule has 1 atom stereocenters. The lowest BCUT2D eigenvalue weighted by molar-refractivity contribution is -0.327. The van der Waals surface area contributed by atoms with E-state index in [9.17, 15) is 15.0 Å². The van der Waals surface area contributed by atoms with Gasteiger partial charge in [-0.2, -0.15) is 0 Å². The second-order valence-corrected chi connectivity index (χ2v) is 3.38. The van der Waals surface area contributed by atoms with E-state index in [1.165, 1.54) is 0 Å². The van der Waals surface area contributed by atoms with Gasteiger partial charge in [-0.25, -0.2) is 0 Å². The highest BCUT2D eigenvalue weighted by Gasteiger charge is 2.44. The predicted octanol–water partition coefficient (Wildman–Crippen LogP) is -1.54. The van der Waals surface area contributed by atoms with Crippen LogP contribution in [0, 0.1) is 0 Å². The van der Waals surface area contributed by atoms with Crippen LogP contribution in [0.2, 0.25) is 0 Å². The second-order valence-electron chi connectivity index (χ2n) is 3.38. The maximum atomic E-state index is 11.0. The van der Waals surface area contributed by atoms with E-state index in [1.807, 2.05) is 0 Å². The Labute approximate surface area is 80.7 Å². The van der Waals surface area contributed by atoms with Crippen molar-refractivity contribution in [2.45, 2.75) is 43.9 Å². The molecule has 0 spiro atoms. The third kappa shape index (κ3) is 2.42. The number of carbonyl (C=O) groups excluding carboxylic acids is 1. The van der Waals surface area contributed by atoms with Crippen LogP contribution in [0.1, 0.15) is 25.7 Å². The van der Waals surface area contributed by atoms with E-state index in [0.29, 0.717) is 12.8 Å². The Morgan fingerprint density at radius 1 is 1.36 bits per heavy atom. The number of hydrogen-bond acceptors (Lipinski definition) is 6. The number of hydrogen-bond donors (Lipinski definition) is 4. The molecule has 1 unspecified atom stereocenters. The summed E-state index contributed by atoms with van der Waals surface area (Å²) in [5, 5.41) is 35.8. The monoisotopic (exact) mass is 206 g/mol. The van der Waals surface area contributed by atoms with Gasteiger partial charge in [-0.3, -0.25) is 4.79 Å². The van der Waals surface area contributed by atoms with Gasteiger partial charge in [-0.1, -0.05) is 0 Å². The van der Waals surface area contributed by atoms with E-state index in [1.54, 1.807) is 0 Å². The van der Waals surface area contributed by atoms with Crippen molar-refractivity contribution in [3.63, 3.8) is 0 Å². The molecule has 0 amide bonds. The van der Waals surface area contributed by atoms with Gasteiger partial charge in [0.25, 0.3) is 5.79 Å². The van der Waals surface area contributed by atoms with Crippen molar-refractivity contribution in [1.82, 2.24) is 0 Å². The Balaban J connectivity index is 2.69. The first kappa shape index (κ1) is 11.4. The molecular formula is C8H14O6. The highest BCUT2D eigenvalue weighted by atomic mass is 16.6. The minimum Gasteiger partial charge on any atom is -0.456 e. The summed E-state index contributed by atoms with van der Waals surface area (Å²) in [7, 11) is 0. The van der Waals surface area contributed by atoms with Gasteiger partial charge >= 0.3 is 5.97 Å². The smallest absolute Gasteiger partial charge is 0.306 e. The maximum absolute atomic E-state index is 11.0. The highest BCUT2D eigenvalue weighted by molar-refractivity contribution is 5.69. The van der Waals surface area contributed by atoms with Crippen LogP contribution in [0.5, 0.6) is 0 Å². The molecule has 6 heteroatoms. The SMILES string of the molecule is O=C1CCCCC(C(O)(O)C(O)O)O1. The topological polar surface area (TPSA) is 107 Å². The van der Waals surface area contributed by atoms with Gasteiger partial charge in [0.05, 0.1) is 0 Å². The first-order valence-electron chi connectivity index (χ1n) is 4.45. The second kappa shape index (κ2) is 4.22. The molecule has 14 heavy (non-hydrogen) atoms. The molecule has 82 valence electrons. The van der Waals surface area contributed by atoms with Crippen LogP contribution in [0.4, 0.5) is 0 Å². The molecule has 4 N–H and O–H groups in total. The average molecular weight is 206 g/mol. The van der Waals surface area contributed by atoms with Gasteiger partial charge in [0.15, 0.2) is 6.10 Å². The van der Waals surface area contributed by atoms with E-state index >= 15 is 0 Å². The van der Waals surface area contributed by atoms with Crippen LogP contribution in [0.3, 0.4) is 0 Å². The zero-order chi connectivity index (χ0) is 10.8. The zero-order valence-corrected chi connectivity index (χ0v) is 7.59. The van der Waals surface area contributed by atoms with Crippen molar-refractivity contribution < 1.29 is 30.0 Å². The molecule has 0 aromatic carbocycles. The molecule has 1 aliphatic heterocycles. The summed E-state index contributed by atoms with van der Waals surface area (Å²) in [6.45, 7) is 0. The number of carbonyl (C=O) groups is 1. The molecule has 0 aromatic heterocycles. The van der Waals surface area contributed by atoms with E-state index in [2.05, 4.69) is 4.74 Å². The standard InChI is InChI=1S/C8H14O6/c9-6-4-2-1-3-5(14-6)8(12,13)7(10)11/h5,7,10-13H,1-4H2. The highest BCUT2D eigenvalue weighted by Crippen LogP contribution is 2.23. The van der Waals surface area contributed by atoms with Crippen molar-refractivity contribution in [3.8, 4) is 0 Å². The Morgan fingerprint density at radius 2 is 2.00 bits per heavy atom. The summed E-state index contributed by atoms with van der Waals surface area (Å²) in [6.07, 6.45) is -2.03. The van der Waals surface area contributed by atoms with Crippen LogP contribution >= 0.6 is 0 Å². The Kier molecular flexibility index (Phi) is 3.43. The largest absolute Gasteiger partial charge is 0.456 e. The third-order valence-corrected chi connectivity index (χ3v) is 2.22. The molecule has 0 aliphatic carbocycles. The first-order valence-corrected chi connectivity index (χ1v) is 4.45. The summed E-state index contributed by atoms with van der Waals surface area (Å²) in [4.78, 5) is 11.0.